The Morgan fingerprint density at radius 3 is 2.54 bits per heavy atom. The average molecular weight is 355 g/mol. The lowest BCUT2D eigenvalue weighted by Gasteiger charge is -2.23. The standard InChI is InChI=1S/C19H21N3O4/c1-13-6-8-14(9-7-13)19(2)17(24)22(18(25)20-19)12-16(23)21(3)11-15-5-4-10-26-15/h4-10H,11-12H2,1-3H3,(H,20,25). The number of hydrogen-bond acceptors (Lipinski definition) is 4. The largest absolute Gasteiger partial charge is 0.467 e. The third-order valence-corrected chi connectivity index (χ3v) is 4.60. The Labute approximate surface area is 151 Å². The van der Waals surface area contributed by atoms with Gasteiger partial charge in [-0.1, -0.05) is 29.8 Å². The van der Waals surface area contributed by atoms with Gasteiger partial charge in [0.05, 0.1) is 12.8 Å². The van der Waals surface area contributed by atoms with E-state index in [-0.39, 0.29) is 19.0 Å². The summed E-state index contributed by atoms with van der Waals surface area (Å²) in [4.78, 5) is 40.0. The average Bonchev–Trinajstić information content (AvgIpc) is 3.18. The van der Waals surface area contributed by atoms with Gasteiger partial charge in [-0.05, 0) is 31.5 Å². The number of urea groups is 1. The molecule has 2 aromatic rings. The maximum Gasteiger partial charge on any atom is 0.325 e. The first-order valence-electron chi connectivity index (χ1n) is 8.29. The predicted molar refractivity (Wildman–Crippen MR) is 94.0 cm³/mol. The maximum atomic E-state index is 12.9. The second kappa shape index (κ2) is 6.67. The number of nitrogens with one attached hydrogen (secondary N) is 1. The molecule has 1 atom stereocenters. The van der Waals surface area contributed by atoms with Gasteiger partial charge in [0.25, 0.3) is 5.91 Å². The molecule has 0 aliphatic carbocycles. The Hall–Kier alpha value is -3.09. The van der Waals surface area contributed by atoms with Gasteiger partial charge in [-0.2, -0.15) is 0 Å². The fourth-order valence-corrected chi connectivity index (χ4v) is 2.90. The number of benzene rings is 1. The molecule has 7 heteroatoms. The lowest BCUT2D eigenvalue weighted by atomic mass is 9.91. The SMILES string of the molecule is Cc1ccc(C2(C)NC(=O)N(CC(=O)N(C)Cc3ccco3)C2=O)cc1. The number of hydrogen-bond donors (Lipinski definition) is 1. The molecular weight excluding hydrogens is 334 g/mol. The summed E-state index contributed by atoms with van der Waals surface area (Å²) in [5.41, 5.74) is 0.561. The van der Waals surface area contributed by atoms with Crippen LogP contribution in [0.15, 0.2) is 47.1 Å². The normalized spacial score (nSPS) is 19.6. The molecule has 1 aliphatic heterocycles. The maximum absolute atomic E-state index is 12.9. The van der Waals surface area contributed by atoms with Crippen molar-refractivity contribution in [2.24, 2.45) is 0 Å². The Morgan fingerprint density at radius 2 is 1.92 bits per heavy atom. The van der Waals surface area contributed by atoms with Crippen molar-refractivity contribution in [3.8, 4) is 0 Å². The first-order valence-corrected chi connectivity index (χ1v) is 8.29. The number of carbonyl (C=O) groups excluding carboxylic acids is 3. The molecule has 2 heterocycles. The summed E-state index contributed by atoms with van der Waals surface area (Å²) in [5, 5.41) is 2.70. The smallest absolute Gasteiger partial charge is 0.325 e. The summed E-state index contributed by atoms with van der Waals surface area (Å²) in [7, 11) is 1.60. The van der Waals surface area contributed by atoms with E-state index in [9.17, 15) is 14.4 Å². The summed E-state index contributed by atoms with van der Waals surface area (Å²) in [6.07, 6.45) is 1.53. The number of amides is 4. The van der Waals surface area contributed by atoms with Crippen molar-refractivity contribution in [3.05, 3.63) is 59.5 Å². The molecule has 0 bridgehead atoms. The van der Waals surface area contributed by atoms with E-state index in [1.165, 1.54) is 11.2 Å². The quantitative estimate of drug-likeness (QED) is 0.832. The zero-order valence-corrected chi connectivity index (χ0v) is 15.0. The number of nitrogens with zero attached hydrogens (tertiary/aromatic N) is 2. The van der Waals surface area contributed by atoms with Crippen LogP contribution in [0, 0.1) is 6.92 Å². The van der Waals surface area contributed by atoms with E-state index in [1.807, 2.05) is 31.2 Å². The van der Waals surface area contributed by atoms with Crippen molar-refractivity contribution in [2.45, 2.75) is 25.9 Å². The molecule has 1 aliphatic rings. The first-order chi connectivity index (χ1) is 12.3. The summed E-state index contributed by atoms with van der Waals surface area (Å²) >= 11 is 0. The topological polar surface area (TPSA) is 82.9 Å². The summed E-state index contributed by atoms with van der Waals surface area (Å²) < 4.78 is 5.21. The van der Waals surface area contributed by atoms with Crippen LogP contribution < -0.4 is 5.32 Å². The molecule has 1 N–H and O–H groups in total. The predicted octanol–water partition coefficient (Wildman–Crippen LogP) is 2.01. The van der Waals surface area contributed by atoms with Gasteiger partial charge in [0.1, 0.15) is 17.8 Å². The Kier molecular flexibility index (Phi) is 4.54. The van der Waals surface area contributed by atoms with Crippen molar-refractivity contribution in [1.82, 2.24) is 15.1 Å². The van der Waals surface area contributed by atoms with Crippen molar-refractivity contribution < 1.29 is 18.8 Å². The fourth-order valence-electron chi connectivity index (χ4n) is 2.90. The van der Waals surface area contributed by atoms with Gasteiger partial charge < -0.3 is 14.6 Å². The highest BCUT2D eigenvalue weighted by Crippen LogP contribution is 2.29. The summed E-state index contributed by atoms with van der Waals surface area (Å²) in [6, 6.07) is 10.3. The van der Waals surface area contributed by atoms with E-state index in [2.05, 4.69) is 5.32 Å². The van der Waals surface area contributed by atoms with E-state index in [0.29, 0.717) is 11.3 Å². The monoisotopic (exact) mass is 355 g/mol. The fraction of sp³-hybridized carbons (Fsp3) is 0.316. The van der Waals surface area contributed by atoms with Crippen LogP contribution in [-0.4, -0.2) is 41.2 Å². The molecule has 4 amide bonds. The van der Waals surface area contributed by atoms with Crippen LogP contribution in [-0.2, 0) is 21.7 Å². The van der Waals surface area contributed by atoms with Gasteiger partial charge >= 0.3 is 6.03 Å². The van der Waals surface area contributed by atoms with E-state index in [1.54, 1.807) is 26.1 Å². The van der Waals surface area contributed by atoms with Gasteiger partial charge in [-0.15, -0.1) is 0 Å². The Morgan fingerprint density at radius 1 is 1.23 bits per heavy atom. The molecule has 1 saturated heterocycles. The third-order valence-electron chi connectivity index (χ3n) is 4.60. The van der Waals surface area contributed by atoms with Crippen LogP contribution >= 0.6 is 0 Å². The minimum atomic E-state index is -1.18. The van der Waals surface area contributed by atoms with Crippen molar-refractivity contribution >= 4 is 17.8 Å². The van der Waals surface area contributed by atoms with Crippen LogP contribution in [0.2, 0.25) is 0 Å². The summed E-state index contributed by atoms with van der Waals surface area (Å²) in [6.45, 7) is 3.55. The van der Waals surface area contributed by atoms with Crippen LogP contribution in [0.3, 0.4) is 0 Å². The van der Waals surface area contributed by atoms with Gasteiger partial charge in [-0.25, -0.2) is 4.79 Å². The van der Waals surface area contributed by atoms with Crippen molar-refractivity contribution in [1.29, 1.82) is 0 Å². The van der Waals surface area contributed by atoms with E-state index in [4.69, 9.17) is 4.42 Å². The first kappa shape index (κ1) is 17.7. The molecule has 1 aromatic carbocycles. The van der Waals surface area contributed by atoms with Gasteiger partial charge in [0.2, 0.25) is 5.91 Å². The van der Waals surface area contributed by atoms with E-state index < -0.39 is 17.5 Å². The Bertz CT molecular complexity index is 829. The molecule has 1 fully saturated rings. The molecule has 1 aromatic heterocycles. The van der Waals surface area contributed by atoms with Crippen molar-refractivity contribution in [3.63, 3.8) is 0 Å². The Balaban J connectivity index is 1.72. The number of furan rings is 1. The lowest BCUT2D eigenvalue weighted by Crippen LogP contribution is -2.43. The molecule has 1 unspecified atom stereocenters. The molecule has 136 valence electrons. The number of carbonyl (C=O) groups is 3. The molecule has 26 heavy (non-hydrogen) atoms. The minimum absolute atomic E-state index is 0.269. The molecule has 0 saturated carbocycles. The zero-order chi connectivity index (χ0) is 18.9. The highest BCUT2D eigenvalue weighted by molar-refractivity contribution is 6.09. The minimum Gasteiger partial charge on any atom is -0.467 e. The third kappa shape index (κ3) is 3.20. The van der Waals surface area contributed by atoms with Crippen LogP contribution in [0.1, 0.15) is 23.8 Å². The molecular formula is C19H21N3O4. The molecule has 7 nitrogen and oxygen atoms in total. The van der Waals surface area contributed by atoms with Crippen LogP contribution in [0.4, 0.5) is 4.79 Å². The van der Waals surface area contributed by atoms with E-state index in [0.717, 1.165) is 10.5 Å². The molecule has 3 rings (SSSR count). The van der Waals surface area contributed by atoms with E-state index >= 15 is 0 Å². The summed E-state index contributed by atoms with van der Waals surface area (Å²) in [5.74, 6) is -0.160. The van der Waals surface area contributed by atoms with Crippen molar-refractivity contribution in [2.75, 3.05) is 13.6 Å². The highest BCUT2D eigenvalue weighted by atomic mass is 16.3. The lowest BCUT2D eigenvalue weighted by molar-refractivity contribution is -0.138. The van der Waals surface area contributed by atoms with Gasteiger partial charge in [-0.3, -0.25) is 14.5 Å². The number of imide groups is 1. The number of aryl methyl sites for hydroxylation is 1. The number of rotatable bonds is 5. The van der Waals surface area contributed by atoms with Gasteiger partial charge in [0.15, 0.2) is 0 Å². The molecule has 0 spiro atoms. The second-order valence-corrected chi connectivity index (χ2v) is 6.64. The molecule has 0 radical (unpaired) electrons. The van der Waals surface area contributed by atoms with Crippen LogP contribution in [0.5, 0.6) is 0 Å². The highest BCUT2D eigenvalue weighted by Gasteiger charge is 2.49. The van der Waals surface area contributed by atoms with Crippen LogP contribution in [0.25, 0.3) is 0 Å². The number of likely N-dealkylation sites (N-methyl/N-ethyl adjacent to an activating group) is 1. The zero-order valence-electron chi connectivity index (χ0n) is 15.0. The van der Waals surface area contributed by atoms with Gasteiger partial charge in [0, 0.05) is 7.05 Å². The second-order valence-electron chi connectivity index (χ2n) is 6.64.